The third kappa shape index (κ3) is 2.02. The number of nitrogens with one attached hydrogen (secondary N) is 1. The van der Waals surface area contributed by atoms with Crippen LogP contribution < -0.4 is 5.32 Å². The van der Waals surface area contributed by atoms with Gasteiger partial charge in [-0.3, -0.25) is 0 Å². The first-order chi connectivity index (χ1) is 6.72. The topological polar surface area (TPSA) is 48.7 Å². The lowest BCUT2D eigenvalue weighted by molar-refractivity contribution is 0.610. The van der Waals surface area contributed by atoms with Gasteiger partial charge in [0.15, 0.2) is 0 Å². The van der Waals surface area contributed by atoms with Crippen LogP contribution in [0.2, 0.25) is 0 Å². The Morgan fingerprint density at radius 3 is 2.86 bits per heavy atom. The average Bonchev–Trinajstić information content (AvgIpc) is 2.95. The van der Waals surface area contributed by atoms with E-state index in [0.29, 0.717) is 11.1 Å². The van der Waals surface area contributed by atoms with Crippen molar-refractivity contribution in [3.8, 4) is 6.07 Å². The van der Waals surface area contributed by atoms with Crippen LogP contribution in [0.4, 0.5) is 5.69 Å². The zero-order chi connectivity index (χ0) is 10.0. The van der Waals surface area contributed by atoms with Gasteiger partial charge >= 0.3 is 0 Å². The molecular formula is C11H13N3. The fourth-order valence-corrected chi connectivity index (χ4v) is 1.27. The molecule has 0 bridgehead atoms. The number of hydrogen-bond acceptors (Lipinski definition) is 3. The fraction of sp³-hybridized carbons (Fsp3) is 0.455. The molecular weight excluding hydrogens is 174 g/mol. The van der Waals surface area contributed by atoms with E-state index < -0.39 is 0 Å². The van der Waals surface area contributed by atoms with E-state index in [1.54, 1.807) is 12.3 Å². The molecule has 1 aliphatic carbocycles. The van der Waals surface area contributed by atoms with Crippen molar-refractivity contribution in [1.82, 2.24) is 4.98 Å². The lowest BCUT2D eigenvalue weighted by Gasteiger charge is -2.10. The van der Waals surface area contributed by atoms with Crippen LogP contribution in [0.15, 0.2) is 18.3 Å². The summed E-state index contributed by atoms with van der Waals surface area (Å²) in [6.07, 6.45) is 4.33. The van der Waals surface area contributed by atoms with Crippen LogP contribution in [-0.4, -0.2) is 11.5 Å². The normalized spacial score (nSPS) is 17.1. The third-order valence-corrected chi connectivity index (χ3v) is 2.70. The van der Waals surface area contributed by atoms with Crippen molar-refractivity contribution in [2.45, 2.75) is 19.8 Å². The van der Waals surface area contributed by atoms with Crippen LogP contribution in [0.3, 0.4) is 0 Å². The summed E-state index contributed by atoms with van der Waals surface area (Å²) in [5.74, 6) is 0. The van der Waals surface area contributed by atoms with Crippen LogP contribution in [-0.2, 0) is 0 Å². The molecule has 1 saturated carbocycles. The highest BCUT2D eigenvalue weighted by Gasteiger charge is 2.36. The summed E-state index contributed by atoms with van der Waals surface area (Å²) in [6.45, 7) is 3.28. The summed E-state index contributed by atoms with van der Waals surface area (Å²) >= 11 is 0. The second kappa shape index (κ2) is 3.30. The van der Waals surface area contributed by atoms with Crippen molar-refractivity contribution in [1.29, 1.82) is 5.26 Å². The molecule has 3 nitrogen and oxygen atoms in total. The molecule has 2 rings (SSSR count). The van der Waals surface area contributed by atoms with Crippen molar-refractivity contribution in [3.63, 3.8) is 0 Å². The Morgan fingerprint density at radius 2 is 2.36 bits per heavy atom. The Balaban J connectivity index is 1.94. The van der Waals surface area contributed by atoms with E-state index in [1.807, 2.05) is 12.1 Å². The van der Waals surface area contributed by atoms with E-state index in [1.165, 1.54) is 12.8 Å². The van der Waals surface area contributed by atoms with Gasteiger partial charge in [-0.25, -0.2) is 4.98 Å². The minimum absolute atomic E-state index is 0.466. The first kappa shape index (κ1) is 9.01. The molecule has 1 aliphatic rings. The molecule has 0 spiro atoms. The number of anilines is 1. The van der Waals surface area contributed by atoms with Crippen LogP contribution in [0, 0.1) is 16.7 Å². The number of hydrogen-bond donors (Lipinski definition) is 1. The molecule has 0 aliphatic heterocycles. The number of nitrogens with zero attached hydrogens (tertiary/aromatic N) is 2. The second-order valence-corrected chi connectivity index (χ2v) is 4.21. The Hall–Kier alpha value is -1.56. The summed E-state index contributed by atoms with van der Waals surface area (Å²) in [6, 6.07) is 5.63. The fourth-order valence-electron chi connectivity index (χ4n) is 1.27. The predicted octanol–water partition coefficient (Wildman–Crippen LogP) is 2.17. The highest BCUT2D eigenvalue weighted by atomic mass is 14.9. The molecule has 14 heavy (non-hydrogen) atoms. The van der Waals surface area contributed by atoms with Gasteiger partial charge in [0.1, 0.15) is 11.8 Å². The molecule has 1 aromatic heterocycles. The molecule has 0 aromatic carbocycles. The van der Waals surface area contributed by atoms with Crippen molar-refractivity contribution in [2.24, 2.45) is 5.41 Å². The maximum atomic E-state index is 8.56. The molecule has 0 saturated heterocycles. The van der Waals surface area contributed by atoms with Crippen LogP contribution in [0.1, 0.15) is 25.5 Å². The van der Waals surface area contributed by atoms with Crippen molar-refractivity contribution < 1.29 is 0 Å². The van der Waals surface area contributed by atoms with Gasteiger partial charge in [0, 0.05) is 6.54 Å². The number of aromatic nitrogens is 1. The van der Waals surface area contributed by atoms with E-state index in [-0.39, 0.29) is 0 Å². The van der Waals surface area contributed by atoms with Crippen molar-refractivity contribution in [3.05, 3.63) is 24.0 Å². The average molecular weight is 187 g/mol. The van der Waals surface area contributed by atoms with Gasteiger partial charge in [0.25, 0.3) is 0 Å². The lowest BCUT2D eigenvalue weighted by Crippen LogP contribution is -2.11. The van der Waals surface area contributed by atoms with Gasteiger partial charge < -0.3 is 5.32 Å². The van der Waals surface area contributed by atoms with E-state index in [9.17, 15) is 0 Å². The molecule has 0 unspecified atom stereocenters. The minimum Gasteiger partial charge on any atom is -0.383 e. The Morgan fingerprint density at radius 1 is 1.57 bits per heavy atom. The van der Waals surface area contributed by atoms with Gasteiger partial charge in [0.05, 0.1) is 11.9 Å². The number of rotatable bonds is 3. The zero-order valence-electron chi connectivity index (χ0n) is 8.25. The molecule has 1 N–H and O–H groups in total. The Labute approximate surface area is 83.8 Å². The zero-order valence-corrected chi connectivity index (χ0v) is 8.25. The molecule has 0 amide bonds. The minimum atomic E-state index is 0.466. The van der Waals surface area contributed by atoms with E-state index in [4.69, 9.17) is 5.26 Å². The molecule has 72 valence electrons. The van der Waals surface area contributed by atoms with Crippen LogP contribution >= 0.6 is 0 Å². The summed E-state index contributed by atoms with van der Waals surface area (Å²) in [4.78, 5) is 3.99. The molecule has 1 heterocycles. The quantitative estimate of drug-likeness (QED) is 0.788. The SMILES string of the molecule is CC1(CNc2ccc(C#N)nc2)CC1. The standard InChI is InChI=1S/C11H13N3/c1-11(4-5-11)8-14-10-3-2-9(6-12)13-7-10/h2-3,7,14H,4-5,8H2,1H3. The van der Waals surface area contributed by atoms with Gasteiger partial charge in [0.2, 0.25) is 0 Å². The number of pyridine rings is 1. The van der Waals surface area contributed by atoms with Crippen molar-refractivity contribution in [2.75, 3.05) is 11.9 Å². The van der Waals surface area contributed by atoms with Gasteiger partial charge in [-0.2, -0.15) is 5.26 Å². The van der Waals surface area contributed by atoms with Gasteiger partial charge in [-0.15, -0.1) is 0 Å². The number of nitriles is 1. The monoisotopic (exact) mass is 187 g/mol. The summed E-state index contributed by atoms with van der Waals surface area (Å²) in [7, 11) is 0. The first-order valence-corrected chi connectivity index (χ1v) is 4.82. The first-order valence-electron chi connectivity index (χ1n) is 4.82. The maximum absolute atomic E-state index is 8.56. The Kier molecular flexibility index (Phi) is 2.12. The van der Waals surface area contributed by atoms with Gasteiger partial charge in [-0.05, 0) is 30.4 Å². The highest BCUT2D eigenvalue weighted by Crippen LogP contribution is 2.44. The highest BCUT2D eigenvalue weighted by molar-refractivity contribution is 5.43. The molecule has 3 heteroatoms. The van der Waals surface area contributed by atoms with Crippen LogP contribution in [0.5, 0.6) is 0 Å². The summed E-state index contributed by atoms with van der Waals surface area (Å²) in [5.41, 5.74) is 1.96. The summed E-state index contributed by atoms with van der Waals surface area (Å²) < 4.78 is 0. The third-order valence-electron chi connectivity index (χ3n) is 2.70. The smallest absolute Gasteiger partial charge is 0.140 e. The Bertz CT molecular complexity index is 357. The van der Waals surface area contributed by atoms with Gasteiger partial charge in [-0.1, -0.05) is 6.92 Å². The van der Waals surface area contributed by atoms with Crippen molar-refractivity contribution >= 4 is 5.69 Å². The maximum Gasteiger partial charge on any atom is 0.140 e. The molecule has 1 fully saturated rings. The predicted molar refractivity (Wildman–Crippen MR) is 54.8 cm³/mol. The van der Waals surface area contributed by atoms with E-state index >= 15 is 0 Å². The van der Waals surface area contributed by atoms with E-state index in [2.05, 4.69) is 17.2 Å². The van der Waals surface area contributed by atoms with Crippen LogP contribution in [0.25, 0.3) is 0 Å². The summed E-state index contributed by atoms with van der Waals surface area (Å²) in [5, 5.41) is 11.9. The lowest BCUT2D eigenvalue weighted by atomic mass is 10.1. The second-order valence-electron chi connectivity index (χ2n) is 4.21. The van der Waals surface area contributed by atoms with E-state index in [0.717, 1.165) is 12.2 Å². The molecule has 0 atom stereocenters. The molecule has 0 radical (unpaired) electrons. The largest absolute Gasteiger partial charge is 0.383 e. The molecule has 1 aromatic rings.